The molecule has 0 bridgehead atoms. The summed E-state index contributed by atoms with van der Waals surface area (Å²) in [5.41, 5.74) is 6.17. The van der Waals surface area contributed by atoms with Gasteiger partial charge in [0.2, 0.25) is 5.91 Å². The van der Waals surface area contributed by atoms with E-state index >= 15 is 0 Å². The van der Waals surface area contributed by atoms with Crippen LogP contribution in [0.5, 0.6) is 0 Å². The summed E-state index contributed by atoms with van der Waals surface area (Å²) >= 11 is 0. The van der Waals surface area contributed by atoms with Gasteiger partial charge < -0.3 is 5.73 Å². The molecule has 0 aliphatic heterocycles. The monoisotopic (exact) mass is 227 g/mol. The van der Waals surface area contributed by atoms with Crippen LogP contribution in [-0.2, 0) is 10.2 Å². The van der Waals surface area contributed by atoms with Gasteiger partial charge in [0.1, 0.15) is 6.33 Å². The third-order valence-corrected chi connectivity index (χ3v) is 2.98. The van der Waals surface area contributed by atoms with Gasteiger partial charge in [-0.25, -0.2) is 9.97 Å². The van der Waals surface area contributed by atoms with Crippen LogP contribution in [0.25, 0.3) is 0 Å². The van der Waals surface area contributed by atoms with Gasteiger partial charge in [-0.3, -0.25) is 4.79 Å². The summed E-state index contributed by atoms with van der Waals surface area (Å²) in [6, 6.07) is 9.39. The molecule has 1 heterocycles. The summed E-state index contributed by atoms with van der Waals surface area (Å²) in [5, 5.41) is 0. The highest BCUT2D eigenvalue weighted by Crippen LogP contribution is 2.30. The number of primary amides is 1. The average molecular weight is 227 g/mol. The lowest BCUT2D eigenvalue weighted by Gasteiger charge is -2.26. The molecule has 0 saturated heterocycles. The molecule has 1 unspecified atom stereocenters. The molecule has 0 spiro atoms. The van der Waals surface area contributed by atoms with E-state index in [0.717, 1.165) is 5.56 Å². The Hall–Kier alpha value is -2.23. The van der Waals surface area contributed by atoms with Gasteiger partial charge in [-0.15, -0.1) is 0 Å². The van der Waals surface area contributed by atoms with Crippen LogP contribution in [0.2, 0.25) is 0 Å². The van der Waals surface area contributed by atoms with E-state index in [1.807, 2.05) is 30.3 Å². The highest BCUT2D eigenvalue weighted by Gasteiger charge is 2.35. The zero-order chi connectivity index (χ0) is 12.3. The van der Waals surface area contributed by atoms with E-state index in [9.17, 15) is 4.79 Å². The van der Waals surface area contributed by atoms with Crippen LogP contribution >= 0.6 is 0 Å². The Kier molecular flexibility index (Phi) is 2.87. The minimum Gasteiger partial charge on any atom is -0.369 e. The molecule has 2 N–H and O–H groups in total. The van der Waals surface area contributed by atoms with Crippen molar-refractivity contribution in [1.29, 1.82) is 0 Å². The lowest BCUT2D eigenvalue weighted by atomic mass is 9.77. The summed E-state index contributed by atoms with van der Waals surface area (Å²) in [5.74, 6) is -0.418. The predicted molar refractivity (Wildman–Crippen MR) is 64.1 cm³/mol. The largest absolute Gasteiger partial charge is 0.369 e. The maximum atomic E-state index is 11.8. The standard InChI is InChI=1S/C13H13N3O/c1-13(12(14)17,10-5-3-2-4-6-10)11-7-15-9-16-8-11/h2-9H,1H3,(H2,14,17). The van der Waals surface area contributed by atoms with E-state index in [1.165, 1.54) is 6.33 Å². The number of carbonyl (C=O) groups excluding carboxylic acids is 1. The fourth-order valence-electron chi connectivity index (χ4n) is 1.78. The Bertz CT molecular complexity index is 471. The molecule has 17 heavy (non-hydrogen) atoms. The van der Waals surface area contributed by atoms with Crippen molar-refractivity contribution in [3.63, 3.8) is 0 Å². The molecular weight excluding hydrogens is 214 g/mol. The number of nitrogens with zero attached hydrogens (tertiary/aromatic N) is 2. The van der Waals surface area contributed by atoms with Crippen LogP contribution in [0.15, 0.2) is 49.1 Å². The molecule has 0 saturated carbocycles. The van der Waals surface area contributed by atoms with E-state index in [4.69, 9.17) is 5.73 Å². The smallest absolute Gasteiger partial charge is 0.232 e. The average Bonchev–Trinajstić information content (AvgIpc) is 2.39. The van der Waals surface area contributed by atoms with Crippen LogP contribution < -0.4 is 5.73 Å². The Morgan fingerprint density at radius 3 is 2.24 bits per heavy atom. The normalized spacial score (nSPS) is 13.9. The lowest BCUT2D eigenvalue weighted by molar-refractivity contribution is -0.121. The molecular formula is C13H13N3O. The molecule has 0 aliphatic carbocycles. The highest BCUT2D eigenvalue weighted by atomic mass is 16.1. The summed E-state index contributed by atoms with van der Waals surface area (Å²) in [6.45, 7) is 1.78. The van der Waals surface area contributed by atoms with Gasteiger partial charge >= 0.3 is 0 Å². The number of carbonyl (C=O) groups is 1. The molecule has 0 fully saturated rings. The topological polar surface area (TPSA) is 68.9 Å². The first-order valence-electron chi connectivity index (χ1n) is 5.26. The number of amides is 1. The van der Waals surface area contributed by atoms with Crippen molar-refractivity contribution >= 4 is 5.91 Å². The van der Waals surface area contributed by atoms with Gasteiger partial charge in [0.15, 0.2) is 0 Å². The third kappa shape index (κ3) is 1.89. The molecule has 0 aliphatic rings. The molecule has 1 amide bonds. The van der Waals surface area contributed by atoms with Crippen molar-refractivity contribution in [3.8, 4) is 0 Å². The van der Waals surface area contributed by atoms with Crippen molar-refractivity contribution in [2.24, 2.45) is 5.73 Å². The van der Waals surface area contributed by atoms with Crippen LogP contribution in [0.3, 0.4) is 0 Å². The van der Waals surface area contributed by atoms with Gasteiger partial charge in [-0.1, -0.05) is 30.3 Å². The van der Waals surface area contributed by atoms with E-state index < -0.39 is 11.3 Å². The first-order valence-corrected chi connectivity index (χ1v) is 5.26. The van der Waals surface area contributed by atoms with Gasteiger partial charge in [0.05, 0.1) is 5.41 Å². The number of hydrogen-bond acceptors (Lipinski definition) is 3. The minimum atomic E-state index is -0.900. The summed E-state index contributed by atoms with van der Waals surface area (Å²) < 4.78 is 0. The zero-order valence-electron chi connectivity index (χ0n) is 9.50. The number of rotatable bonds is 3. The first kappa shape index (κ1) is 11.3. The van der Waals surface area contributed by atoms with Crippen molar-refractivity contribution in [1.82, 2.24) is 9.97 Å². The van der Waals surface area contributed by atoms with E-state index in [0.29, 0.717) is 5.56 Å². The third-order valence-electron chi connectivity index (χ3n) is 2.98. The number of aromatic nitrogens is 2. The fourth-order valence-corrected chi connectivity index (χ4v) is 1.78. The van der Waals surface area contributed by atoms with Crippen molar-refractivity contribution in [3.05, 3.63) is 60.2 Å². The maximum Gasteiger partial charge on any atom is 0.232 e. The van der Waals surface area contributed by atoms with Crippen molar-refractivity contribution in [2.45, 2.75) is 12.3 Å². The quantitative estimate of drug-likeness (QED) is 0.858. The Labute approximate surface area is 99.5 Å². The second-order valence-electron chi connectivity index (χ2n) is 3.98. The lowest BCUT2D eigenvalue weighted by Crippen LogP contribution is -2.39. The molecule has 0 radical (unpaired) electrons. The fraction of sp³-hybridized carbons (Fsp3) is 0.154. The van der Waals surface area contributed by atoms with Crippen molar-refractivity contribution in [2.75, 3.05) is 0 Å². The Morgan fingerprint density at radius 1 is 1.12 bits per heavy atom. The molecule has 1 aromatic carbocycles. The van der Waals surface area contributed by atoms with E-state index in [2.05, 4.69) is 9.97 Å². The second-order valence-corrected chi connectivity index (χ2v) is 3.98. The molecule has 4 nitrogen and oxygen atoms in total. The first-order chi connectivity index (χ1) is 8.15. The predicted octanol–water partition coefficient (Wildman–Crippen LogP) is 1.27. The van der Waals surface area contributed by atoms with Gasteiger partial charge in [0, 0.05) is 18.0 Å². The molecule has 4 heteroatoms. The molecule has 1 aromatic heterocycles. The van der Waals surface area contributed by atoms with Gasteiger partial charge in [-0.05, 0) is 12.5 Å². The molecule has 86 valence electrons. The van der Waals surface area contributed by atoms with Crippen LogP contribution in [0.1, 0.15) is 18.1 Å². The number of hydrogen-bond donors (Lipinski definition) is 1. The number of benzene rings is 1. The Balaban J connectivity index is 2.59. The van der Waals surface area contributed by atoms with E-state index in [-0.39, 0.29) is 0 Å². The molecule has 1 atom stereocenters. The zero-order valence-corrected chi connectivity index (χ0v) is 9.50. The highest BCUT2D eigenvalue weighted by molar-refractivity contribution is 5.90. The van der Waals surface area contributed by atoms with Crippen LogP contribution in [0, 0.1) is 0 Å². The minimum absolute atomic E-state index is 0.418. The van der Waals surface area contributed by atoms with E-state index in [1.54, 1.807) is 19.3 Å². The maximum absolute atomic E-state index is 11.8. The van der Waals surface area contributed by atoms with Crippen molar-refractivity contribution < 1.29 is 4.79 Å². The van der Waals surface area contributed by atoms with Crippen LogP contribution in [0.4, 0.5) is 0 Å². The molecule has 2 aromatic rings. The second kappa shape index (κ2) is 4.33. The summed E-state index contributed by atoms with van der Waals surface area (Å²) in [7, 11) is 0. The SMILES string of the molecule is CC(C(N)=O)(c1ccccc1)c1cncnc1. The van der Waals surface area contributed by atoms with Crippen LogP contribution in [-0.4, -0.2) is 15.9 Å². The number of nitrogens with two attached hydrogens (primary N) is 1. The summed E-state index contributed by atoms with van der Waals surface area (Å²) in [4.78, 5) is 19.7. The summed E-state index contributed by atoms with van der Waals surface area (Å²) in [6.07, 6.45) is 4.66. The molecule has 2 rings (SSSR count). The van der Waals surface area contributed by atoms with Gasteiger partial charge in [0.25, 0.3) is 0 Å². The van der Waals surface area contributed by atoms with Gasteiger partial charge in [-0.2, -0.15) is 0 Å². The Morgan fingerprint density at radius 2 is 1.71 bits per heavy atom.